The fraction of sp³-hybridized carbons (Fsp3) is 0.292. The highest BCUT2D eigenvalue weighted by Gasteiger charge is 2.23. The average molecular weight is 332 g/mol. The van der Waals surface area contributed by atoms with Gasteiger partial charge in [0.25, 0.3) is 0 Å². The Hall–Kier alpha value is -2.41. The van der Waals surface area contributed by atoms with Gasteiger partial charge in [-0.25, -0.2) is 0 Å². The van der Waals surface area contributed by atoms with Gasteiger partial charge in [-0.1, -0.05) is 80.6 Å². The Balaban J connectivity index is 2.17. The van der Waals surface area contributed by atoms with Gasteiger partial charge in [-0.15, -0.1) is 0 Å². The van der Waals surface area contributed by atoms with Gasteiger partial charge in [-0.2, -0.15) is 0 Å². The van der Waals surface area contributed by atoms with E-state index in [0.29, 0.717) is 6.42 Å². The van der Waals surface area contributed by atoms with Crippen molar-refractivity contribution in [3.05, 3.63) is 77.9 Å². The van der Waals surface area contributed by atoms with Gasteiger partial charge in [0.2, 0.25) is 0 Å². The molecule has 0 fully saturated rings. The molecular formula is C24H28O. The molecule has 2 aromatic carbocycles. The fourth-order valence-corrected chi connectivity index (χ4v) is 2.60. The van der Waals surface area contributed by atoms with Gasteiger partial charge >= 0.3 is 0 Å². The lowest BCUT2D eigenvalue weighted by molar-refractivity contribution is 0.0946. The molecule has 0 aliphatic rings. The summed E-state index contributed by atoms with van der Waals surface area (Å²) in [6.07, 6.45) is 2.60. The van der Waals surface area contributed by atoms with Gasteiger partial charge in [-0.3, -0.25) is 4.79 Å². The van der Waals surface area contributed by atoms with Crippen LogP contribution in [0.15, 0.2) is 66.8 Å². The third-order valence-corrected chi connectivity index (χ3v) is 5.07. The Bertz CT molecular complexity index is 787. The van der Waals surface area contributed by atoms with Crippen LogP contribution >= 0.6 is 0 Å². The topological polar surface area (TPSA) is 17.1 Å². The maximum absolute atomic E-state index is 12.5. The second-order valence-electron chi connectivity index (χ2n) is 7.39. The lowest BCUT2D eigenvalue weighted by atomic mass is 9.80. The molecule has 1 heteroatoms. The van der Waals surface area contributed by atoms with Gasteiger partial charge in [0.15, 0.2) is 5.78 Å². The van der Waals surface area contributed by atoms with Crippen molar-refractivity contribution in [2.24, 2.45) is 5.41 Å². The number of allylic oxidation sites excluding steroid dienone is 3. The van der Waals surface area contributed by atoms with Crippen molar-refractivity contribution in [1.29, 1.82) is 0 Å². The second kappa shape index (κ2) is 7.65. The minimum Gasteiger partial charge on any atom is -0.294 e. The molecule has 0 unspecified atom stereocenters. The van der Waals surface area contributed by atoms with Crippen LogP contribution in [0.2, 0.25) is 0 Å². The molecule has 25 heavy (non-hydrogen) atoms. The first-order chi connectivity index (χ1) is 11.7. The van der Waals surface area contributed by atoms with Crippen molar-refractivity contribution >= 4 is 11.4 Å². The number of hydrogen-bond donors (Lipinski definition) is 0. The fourth-order valence-electron chi connectivity index (χ4n) is 2.60. The van der Waals surface area contributed by atoms with Gasteiger partial charge < -0.3 is 0 Å². The summed E-state index contributed by atoms with van der Waals surface area (Å²) < 4.78 is 0. The molecule has 0 aromatic heterocycles. The number of carbonyl (C=O) groups excluding carboxylic acids is 1. The van der Waals surface area contributed by atoms with Crippen LogP contribution in [0, 0.1) is 5.41 Å². The summed E-state index contributed by atoms with van der Waals surface area (Å²) in [5.74, 6) is 0.165. The molecule has 0 amide bonds. The Labute approximate surface area is 152 Å². The van der Waals surface area contributed by atoms with Crippen molar-refractivity contribution in [1.82, 2.24) is 0 Å². The third-order valence-electron chi connectivity index (χ3n) is 5.07. The molecule has 2 aromatic rings. The van der Waals surface area contributed by atoms with E-state index < -0.39 is 0 Å². The summed E-state index contributed by atoms with van der Waals surface area (Å²) in [5, 5.41) is 0. The molecule has 0 saturated heterocycles. The van der Waals surface area contributed by atoms with E-state index >= 15 is 0 Å². The van der Waals surface area contributed by atoms with E-state index in [9.17, 15) is 4.79 Å². The van der Waals surface area contributed by atoms with E-state index in [0.717, 1.165) is 22.3 Å². The van der Waals surface area contributed by atoms with E-state index in [2.05, 4.69) is 57.7 Å². The van der Waals surface area contributed by atoms with Crippen molar-refractivity contribution < 1.29 is 4.79 Å². The van der Waals surface area contributed by atoms with Crippen molar-refractivity contribution in [3.63, 3.8) is 0 Å². The highest BCUT2D eigenvalue weighted by molar-refractivity contribution is 5.97. The lowest BCUT2D eigenvalue weighted by Gasteiger charge is -2.24. The van der Waals surface area contributed by atoms with Gasteiger partial charge in [0, 0.05) is 12.0 Å². The number of ketones is 1. The van der Waals surface area contributed by atoms with Gasteiger partial charge in [0.1, 0.15) is 0 Å². The first kappa shape index (κ1) is 18.9. The van der Waals surface area contributed by atoms with E-state index in [-0.39, 0.29) is 11.2 Å². The van der Waals surface area contributed by atoms with Gasteiger partial charge in [0.05, 0.1) is 0 Å². The zero-order chi connectivity index (χ0) is 18.6. The van der Waals surface area contributed by atoms with Crippen molar-refractivity contribution in [2.75, 3.05) is 0 Å². The molecule has 0 aliphatic heterocycles. The summed E-state index contributed by atoms with van der Waals surface area (Å²) in [6.45, 7) is 14.3. The molecular weight excluding hydrogens is 304 g/mol. The van der Waals surface area contributed by atoms with E-state index in [1.165, 1.54) is 11.1 Å². The quantitative estimate of drug-likeness (QED) is 0.413. The number of hydrogen-bond acceptors (Lipinski definition) is 1. The zero-order valence-electron chi connectivity index (χ0n) is 16.0. The monoisotopic (exact) mass is 332 g/mol. The molecule has 0 saturated carbocycles. The highest BCUT2D eigenvalue weighted by atomic mass is 16.1. The van der Waals surface area contributed by atoms with E-state index in [1.807, 2.05) is 38.1 Å². The first-order valence-electron chi connectivity index (χ1n) is 8.77. The van der Waals surface area contributed by atoms with E-state index in [4.69, 9.17) is 0 Å². The molecule has 0 atom stereocenters. The van der Waals surface area contributed by atoms with Gasteiger partial charge in [-0.05, 0) is 48.4 Å². The molecule has 2 rings (SSSR count). The maximum atomic E-state index is 12.5. The van der Waals surface area contributed by atoms with Crippen LogP contribution in [0.25, 0.3) is 16.7 Å². The smallest absolute Gasteiger partial charge is 0.163 e. The zero-order valence-corrected chi connectivity index (χ0v) is 16.0. The Morgan fingerprint density at radius 1 is 0.920 bits per heavy atom. The SMILES string of the molecule is C=C(C)C(C)(C)CC(=O)c1ccc(-c2ccc(/C(C)=C/C)cc2)cc1. The maximum Gasteiger partial charge on any atom is 0.163 e. The summed E-state index contributed by atoms with van der Waals surface area (Å²) in [4.78, 5) is 12.5. The lowest BCUT2D eigenvalue weighted by Crippen LogP contribution is -2.18. The second-order valence-corrected chi connectivity index (χ2v) is 7.39. The minimum atomic E-state index is -0.170. The molecule has 0 N–H and O–H groups in total. The number of carbonyl (C=O) groups is 1. The minimum absolute atomic E-state index is 0.165. The molecule has 0 radical (unpaired) electrons. The normalized spacial score (nSPS) is 12.1. The van der Waals surface area contributed by atoms with Crippen molar-refractivity contribution in [3.8, 4) is 11.1 Å². The largest absolute Gasteiger partial charge is 0.294 e. The Morgan fingerprint density at radius 2 is 1.36 bits per heavy atom. The van der Waals surface area contributed by atoms with Crippen LogP contribution in [-0.4, -0.2) is 5.78 Å². The molecule has 130 valence electrons. The molecule has 1 nitrogen and oxygen atoms in total. The van der Waals surface area contributed by atoms with Crippen LogP contribution < -0.4 is 0 Å². The van der Waals surface area contributed by atoms with Crippen molar-refractivity contribution in [2.45, 2.75) is 41.0 Å². The molecule has 0 spiro atoms. The summed E-state index contributed by atoms with van der Waals surface area (Å²) in [6, 6.07) is 16.4. The predicted molar refractivity (Wildman–Crippen MR) is 109 cm³/mol. The van der Waals surface area contributed by atoms with Crippen LogP contribution in [0.4, 0.5) is 0 Å². The van der Waals surface area contributed by atoms with Crippen LogP contribution in [0.3, 0.4) is 0 Å². The van der Waals surface area contributed by atoms with Crippen LogP contribution in [-0.2, 0) is 0 Å². The van der Waals surface area contributed by atoms with Crippen LogP contribution in [0.1, 0.15) is 57.0 Å². The summed E-state index contributed by atoms with van der Waals surface area (Å²) in [5.41, 5.74) is 6.42. The Morgan fingerprint density at radius 3 is 1.76 bits per heavy atom. The average Bonchev–Trinajstić information content (AvgIpc) is 2.61. The van der Waals surface area contributed by atoms with E-state index in [1.54, 1.807) is 0 Å². The Kier molecular flexibility index (Phi) is 5.79. The standard InChI is InChI=1S/C24H28O/c1-7-18(4)19-8-10-20(11-9-19)21-12-14-22(15-13-21)23(25)16-24(5,6)17(2)3/h7-15H,2,16H2,1,3-6H3/b18-7+. The highest BCUT2D eigenvalue weighted by Crippen LogP contribution is 2.30. The molecule has 0 bridgehead atoms. The number of Topliss-reactive ketones (excluding diaryl/α,β-unsaturated/α-hetero) is 1. The summed E-state index contributed by atoms with van der Waals surface area (Å²) in [7, 11) is 0. The third kappa shape index (κ3) is 4.57. The molecule has 0 heterocycles. The number of benzene rings is 2. The first-order valence-corrected chi connectivity index (χ1v) is 8.77. The molecule has 0 aliphatic carbocycles. The van der Waals surface area contributed by atoms with Crippen LogP contribution in [0.5, 0.6) is 0 Å². The predicted octanol–water partition coefficient (Wildman–Crippen LogP) is 6.95. The number of rotatable bonds is 6. The summed E-state index contributed by atoms with van der Waals surface area (Å²) >= 11 is 0.